The summed E-state index contributed by atoms with van der Waals surface area (Å²) < 4.78 is 0. The van der Waals surface area contributed by atoms with Crippen LogP contribution in [0.2, 0.25) is 0 Å². The predicted molar refractivity (Wildman–Crippen MR) is 49.8 cm³/mol. The van der Waals surface area contributed by atoms with Gasteiger partial charge in [-0.2, -0.15) is 0 Å². The highest BCUT2D eigenvalue weighted by molar-refractivity contribution is 6.17. The lowest BCUT2D eigenvalue weighted by molar-refractivity contribution is -0.143. The Kier molecular flexibility index (Phi) is 4.91. The van der Waals surface area contributed by atoms with Gasteiger partial charge in [0.25, 0.3) is 0 Å². The number of rotatable bonds is 7. The zero-order valence-corrected chi connectivity index (χ0v) is 8.41. The summed E-state index contributed by atoms with van der Waals surface area (Å²) in [6.07, 6.45) is 1.86. The molecule has 4 nitrogen and oxygen atoms in total. The number of ketones is 2. The summed E-state index contributed by atoms with van der Waals surface area (Å²) in [7, 11) is 0. The third-order valence-electron chi connectivity index (χ3n) is 2.35. The van der Waals surface area contributed by atoms with Gasteiger partial charge in [0, 0.05) is 6.42 Å². The molecule has 0 atom stereocenters. The molecule has 0 spiro atoms. The van der Waals surface area contributed by atoms with E-state index in [4.69, 9.17) is 0 Å². The zero-order valence-electron chi connectivity index (χ0n) is 8.41. The molecule has 0 heterocycles. The minimum Gasteiger partial charge on any atom is -0.303 e. The number of carbonyl (C=O) groups excluding carboxylic acids is 4. The van der Waals surface area contributed by atoms with Gasteiger partial charge in [0.2, 0.25) is 0 Å². The second-order valence-electron chi connectivity index (χ2n) is 3.26. The number of hydrogen-bond acceptors (Lipinski definition) is 4. The molecule has 0 aliphatic carbocycles. The van der Waals surface area contributed by atoms with Crippen molar-refractivity contribution >= 4 is 24.1 Å². The molecule has 0 bridgehead atoms. The predicted octanol–water partition coefficient (Wildman–Crippen LogP) is 0.719. The highest BCUT2D eigenvalue weighted by Crippen LogP contribution is 2.24. The molecule has 0 saturated heterocycles. The second kappa shape index (κ2) is 5.42. The number of carbonyl (C=O) groups is 4. The molecule has 0 aromatic rings. The molecule has 0 amide bonds. The molecule has 0 unspecified atom stereocenters. The van der Waals surface area contributed by atoms with Crippen LogP contribution in [0.3, 0.4) is 0 Å². The fourth-order valence-electron chi connectivity index (χ4n) is 1.29. The summed E-state index contributed by atoms with van der Waals surface area (Å²) in [6, 6.07) is 0. The molecule has 0 fully saturated rings. The summed E-state index contributed by atoms with van der Waals surface area (Å²) in [5.74, 6) is -0.906. The summed E-state index contributed by atoms with van der Waals surface area (Å²) in [6.45, 7) is 2.44. The van der Waals surface area contributed by atoms with Gasteiger partial charge in [-0.05, 0) is 26.7 Å². The van der Waals surface area contributed by atoms with E-state index in [1.807, 2.05) is 0 Å². The van der Waals surface area contributed by atoms with Crippen molar-refractivity contribution in [3.63, 3.8) is 0 Å². The standard InChI is InChI=1S/C10H14O4/c1-8(13)10(7-12,9(2)14)5-3-4-6-11/h6-7H,3-5H2,1-2H3. The smallest absolute Gasteiger partial charge is 0.150 e. The Bertz CT molecular complexity index is 241. The van der Waals surface area contributed by atoms with Gasteiger partial charge in [0.05, 0.1) is 0 Å². The van der Waals surface area contributed by atoms with Gasteiger partial charge in [-0.3, -0.25) is 9.59 Å². The first-order valence-electron chi connectivity index (χ1n) is 4.43. The van der Waals surface area contributed by atoms with Crippen molar-refractivity contribution in [1.82, 2.24) is 0 Å². The van der Waals surface area contributed by atoms with Crippen molar-refractivity contribution in [2.75, 3.05) is 0 Å². The van der Waals surface area contributed by atoms with Crippen LogP contribution >= 0.6 is 0 Å². The maximum atomic E-state index is 11.2. The lowest BCUT2D eigenvalue weighted by atomic mass is 9.77. The first kappa shape index (κ1) is 12.7. The molecular weight excluding hydrogens is 184 g/mol. The zero-order chi connectivity index (χ0) is 11.2. The number of hydrogen-bond donors (Lipinski definition) is 0. The van der Waals surface area contributed by atoms with Crippen LogP contribution in [-0.4, -0.2) is 24.1 Å². The SMILES string of the molecule is CC(=O)C(C=O)(CCCC=O)C(C)=O. The minimum atomic E-state index is -1.52. The fourth-order valence-corrected chi connectivity index (χ4v) is 1.29. The van der Waals surface area contributed by atoms with Crippen LogP contribution in [0.1, 0.15) is 33.1 Å². The molecule has 0 rings (SSSR count). The van der Waals surface area contributed by atoms with Gasteiger partial charge >= 0.3 is 0 Å². The van der Waals surface area contributed by atoms with Gasteiger partial charge in [0.1, 0.15) is 18.0 Å². The van der Waals surface area contributed by atoms with E-state index in [9.17, 15) is 19.2 Å². The molecule has 0 aliphatic rings. The van der Waals surface area contributed by atoms with E-state index in [0.29, 0.717) is 19.0 Å². The Hall–Kier alpha value is -1.32. The van der Waals surface area contributed by atoms with E-state index in [2.05, 4.69) is 0 Å². The van der Waals surface area contributed by atoms with Crippen LogP contribution in [-0.2, 0) is 19.2 Å². The van der Waals surface area contributed by atoms with Crippen molar-refractivity contribution < 1.29 is 19.2 Å². The van der Waals surface area contributed by atoms with E-state index in [1.165, 1.54) is 13.8 Å². The van der Waals surface area contributed by atoms with E-state index in [-0.39, 0.29) is 12.8 Å². The molecule has 0 aliphatic heterocycles. The molecule has 0 saturated carbocycles. The van der Waals surface area contributed by atoms with Crippen LogP contribution in [0.4, 0.5) is 0 Å². The van der Waals surface area contributed by atoms with E-state index < -0.39 is 17.0 Å². The van der Waals surface area contributed by atoms with Crippen LogP contribution in [0.5, 0.6) is 0 Å². The van der Waals surface area contributed by atoms with Crippen molar-refractivity contribution in [2.24, 2.45) is 5.41 Å². The highest BCUT2D eigenvalue weighted by atomic mass is 16.2. The normalized spacial score (nSPS) is 10.7. The van der Waals surface area contributed by atoms with Crippen LogP contribution < -0.4 is 0 Å². The lowest BCUT2D eigenvalue weighted by Crippen LogP contribution is -2.38. The average Bonchev–Trinajstić information content (AvgIpc) is 2.11. The monoisotopic (exact) mass is 198 g/mol. The van der Waals surface area contributed by atoms with E-state index in [0.717, 1.165) is 0 Å². The first-order chi connectivity index (χ1) is 6.51. The van der Waals surface area contributed by atoms with Crippen LogP contribution in [0.15, 0.2) is 0 Å². The molecular formula is C10H14O4. The van der Waals surface area contributed by atoms with Crippen LogP contribution in [0.25, 0.3) is 0 Å². The van der Waals surface area contributed by atoms with Crippen molar-refractivity contribution in [3.8, 4) is 0 Å². The van der Waals surface area contributed by atoms with E-state index >= 15 is 0 Å². The Morgan fingerprint density at radius 3 is 1.93 bits per heavy atom. The molecule has 4 heteroatoms. The quantitative estimate of drug-likeness (QED) is 0.343. The van der Waals surface area contributed by atoms with Gasteiger partial charge in [-0.15, -0.1) is 0 Å². The van der Waals surface area contributed by atoms with Gasteiger partial charge in [0.15, 0.2) is 11.6 Å². The van der Waals surface area contributed by atoms with Gasteiger partial charge < -0.3 is 9.59 Å². The molecule has 14 heavy (non-hydrogen) atoms. The number of unbranched alkanes of at least 4 members (excludes halogenated alkanes) is 1. The lowest BCUT2D eigenvalue weighted by Gasteiger charge is -2.20. The Morgan fingerprint density at radius 1 is 1.14 bits per heavy atom. The maximum Gasteiger partial charge on any atom is 0.150 e. The summed E-state index contributed by atoms with van der Waals surface area (Å²) in [4.78, 5) is 43.2. The van der Waals surface area contributed by atoms with Gasteiger partial charge in [-0.25, -0.2) is 0 Å². The molecule has 0 aromatic heterocycles. The third kappa shape index (κ3) is 2.58. The molecule has 78 valence electrons. The Morgan fingerprint density at radius 2 is 1.64 bits per heavy atom. The average molecular weight is 198 g/mol. The van der Waals surface area contributed by atoms with Gasteiger partial charge in [-0.1, -0.05) is 0 Å². The topological polar surface area (TPSA) is 68.3 Å². The third-order valence-corrected chi connectivity index (χ3v) is 2.35. The van der Waals surface area contributed by atoms with Crippen LogP contribution in [0, 0.1) is 5.41 Å². The van der Waals surface area contributed by atoms with Crippen molar-refractivity contribution in [2.45, 2.75) is 33.1 Å². The fraction of sp³-hybridized carbons (Fsp3) is 0.600. The maximum absolute atomic E-state index is 11.2. The van der Waals surface area contributed by atoms with Crippen molar-refractivity contribution in [3.05, 3.63) is 0 Å². The van der Waals surface area contributed by atoms with E-state index in [1.54, 1.807) is 0 Å². The second-order valence-corrected chi connectivity index (χ2v) is 3.26. The van der Waals surface area contributed by atoms with Crippen molar-refractivity contribution in [1.29, 1.82) is 0 Å². The number of aldehydes is 2. The molecule has 0 N–H and O–H groups in total. The minimum absolute atomic E-state index is 0.125. The first-order valence-corrected chi connectivity index (χ1v) is 4.43. The summed E-state index contributed by atoms with van der Waals surface area (Å²) >= 11 is 0. The Labute approximate surface area is 82.7 Å². The number of Topliss-reactive ketones (excluding diaryl/α,β-unsaturated/α-hetero) is 2. The summed E-state index contributed by atoms with van der Waals surface area (Å²) in [5, 5.41) is 0. The molecule has 0 radical (unpaired) electrons. The Balaban J connectivity index is 4.68. The molecule has 0 aromatic carbocycles. The largest absolute Gasteiger partial charge is 0.303 e. The highest BCUT2D eigenvalue weighted by Gasteiger charge is 2.39. The summed E-state index contributed by atoms with van der Waals surface area (Å²) in [5.41, 5.74) is -1.52.